The molecule has 2 heterocycles. The average Bonchev–Trinajstić information content (AvgIpc) is 3.13. The molecule has 6 nitrogen and oxygen atoms in total. The molecule has 0 radical (unpaired) electrons. The van der Waals surface area contributed by atoms with Crippen molar-refractivity contribution < 1.29 is 22.8 Å². The van der Waals surface area contributed by atoms with E-state index < -0.39 is 17.8 Å². The fourth-order valence-electron chi connectivity index (χ4n) is 6.40. The van der Waals surface area contributed by atoms with Crippen molar-refractivity contribution in [2.24, 2.45) is 0 Å². The lowest BCUT2D eigenvalue weighted by atomic mass is 10.0. The van der Waals surface area contributed by atoms with Crippen molar-refractivity contribution in [3.63, 3.8) is 0 Å². The number of hydrogen-bond acceptors (Lipinski definition) is 4. The fraction of sp³-hybridized carbons (Fsp3) is 0.357. The normalized spacial score (nSPS) is 14.5. The first-order chi connectivity index (χ1) is 24.6. The van der Waals surface area contributed by atoms with Gasteiger partial charge in [-0.05, 0) is 72.4 Å². The van der Waals surface area contributed by atoms with Gasteiger partial charge in [-0.1, -0.05) is 92.6 Å². The van der Waals surface area contributed by atoms with Gasteiger partial charge in [-0.25, -0.2) is 0 Å². The Kier molecular flexibility index (Phi) is 13.2. The second-order valence-corrected chi connectivity index (χ2v) is 13.3. The van der Waals surface area contributed by atoms with Crippen molar-refractivity contribution in [2.45, 2.75) is 71.3 Å². The van der Waals surface area contributed by atoms with Gasteiger partial charge in [0.2, 0.25) is 11.8 Å². The van der Waals surface area contributed by atoms with E-state index in [0.29, 0.717) is 44.7 Å². The average molecular weight is 697 g/mol. The number of piperazine rings is 1. The Morgan fingerprint density at radius 1 is 0.824 bits per heavy atom. The zero-order chi connectivity index (χ0) is 36.2. The van der Waals surface area contributed by atoms with Crippen LogP contribution in [0.1, 0.15) is 65.4 Å². The van der Waals surface area contributed by atoms with Gasteiger partial charge in [0.05, 0.1) is 11.3 Å². The highest BCUT2D eigenvalue weighted by molar-refractivity contribution is 5.95. The molecule has 0 bridgehead atoms. The summed E-state index contributed by atoms with van der Waals surface area (Å²) >= 11 is 0. The number of aryl methyl sites for hydroxylation is 2. The van der Waals surface area contributed by atoms with Crippen molar-refractivity contribution in [3.05, 3.63) is 142 Å². The first kappa shape index (κ1) is 37.5. The number of halogens is 3. The summed E-state index contributed by atoms with van der Waals surface area (Å²) in [4.78, 5) is 39.1. The summed E-state index contributed by atoms with van der Waals surface area (Å²) in [5, 5.41) is 0. The van der Waals surface area contributed by atoms with Gasteiger partial charge in [-0.3, -0.25) is 19.5 Å². The molecule has 0 saturated carbocycles. The van der Waals surface area contributed by atoms with Crippen LogP contribution >= 0.6 is 0 Å². The van der Waals surface area contributed by atoms with Crippen molar-refractivity contribution in [1.82, 2.24) is 19.7 Å². The molecule has 1 aliphatic rings. The molecule has 0 N–H and O–H groups in total. The Balaban J connectivity index is 1.40. The number of nitrogens with zero attached hydrogens (tertiary/aromatic N) is 4. The van der Waals surface area contributed by atoms with Crippen LogP contribution in [0.2, 0.25) is 0 Å². The minimum Gasteiger partial charge on any atom is -0.338 e. The molecule has 9 heteroatoms. The van der Waals surface area contributed by atoms with Gasteiger partial charge in [0.25, 0.3) is 0 Å². The molecule has 268 valence electrons. The molecule has 1 aliphatic heterocycles. The van der Waals surface area contributed by atoms with Gasteiger partial charge >= 0.3 is 6.18 Å². The summed E-state index contributed by atoms with van der Waals surface area (Å²) in [5.41, 5.74) is 4.70. The monoisotopic (exact) mass is 696 g/mol. The van der Waals surface area contributed by atoms with Crippen LogP contribution in [0.15, 0.2) is 103 Å². The van der Waals surface area contributed by atoms with Gasteiger partial charge in [0.1, 0.15) is 6.04 Å². The van der Waals surface area contributed by atoms with Gasteiger partial charge in [0, 0.05) is 57.5 Å². The molecular weight excluding hydrogens is 649 g/mol. The number of rotatable bonds is 14. The molecule has 0 spiro atoms. The third kappa shape index (κ3) is 11.1. The first-order valence-corrected chi connectivity index (χ1v) is 17.8. The van der Waals surface area contributed by atoms with E-state index in [1.165, 1.54) is 29.8 Å². The SMILES string of the molecule is CCCCCc1ccc(CN(C(=O)/C=C/c2ccc(C(F)(F)F)cc2)C(Cc2ccccc2)C(=O)N2CCN(Cc3cccc(C)n3)CC2)cc1. The smallest absolute Gasteiger partial charge is 0.338 e. The summed E-state index contributed by atoms with van der Waals surface area (Å²) in [7, 11) is 0. The number of alkyl halides is 3. The van der Waals surface area contributed by atoms with Crippen molar-refractivity contribution in [2.75, 3.05) is 26.2 Å². The fourth-order valence-corrected chi connectivity index (χ4v) is 6.40. The topological polar surface area (TPSA) is 56.8 Å². The molecule has 5 rings (SSSR count). The summed E-state index contributed by atoms with van der Waals surface area (Å²) in [6, 6.07) is 27.7. The lowest BCUT2D eigenvalue weighted by molar-refractivity contribution is -0.145. The molecule has 51 heavy (non-hydrogen) atoms. The minimum atomic E-state index is -4.45. The highest BCUT2D eigenvalue weighted by atomic mass is 19.4. The quantitative estimate of drug-likeness (QED) is 0.0987. The van der Waals surface area contributed by atoms with Gasteiger partial charge in [-0.2, -0.15) is 13.2 Å². The van der Waals surface area contributed by atoms with Crippen LogP contribution in [0, 0.1) is 6.92 Å². The number of benzene rings is 3. The van der Waals surface area contributed by atoms with Crippen LogP contribution in [0.25, 0.3) is 6.08 Å². The van der Waals surface area contributed by atoms with Crippen LogP contribution in [0.3, 0.4) is 0 Å². The number of carbonyl (C=O) groups excluding carboxylic acids is 2. The Hall–Kier alpha value is -4.76. The van der Waals surface area contributed by atoms with Crippen LogP contribution in [0.4, 0.5) is 13.2 Å². The third-order valence-electron chi connectivity index (χ3n) is 9.33. The van der Waals surface area contributed by atoms with E-state index in [-0.39, 0.29) is 18.4 Å². The van der Waals surface area contributed by atoms with Gasteiger partial charge < -0.3 is 9.80 Å². The number of carbonyl (C=O) groups is 2. The summed E-state index contributed by atoms with van der Waals surface area (Å²) < 4.78 is 39.5. The molecule has 0 aliphatic carbocycles. The van der Waals surface area contributed by atoms with Crippen molar-refractivity contribution in [3.8, 4) is 0 Å². The summed E-state index contributed by atoms with van der Waals surface area (Å²) in [5.74, 6) is -0.514. The van der Waals surface area contributed by atoms with E-state index in [0.717, 1.165) is 60.3 Å². The van der Waals surface area contributed by atoms with E-state index >= 15 is 0 Å². The van der Waals surface area contributed by atoms with Crippen molar-refractivity contribution in [1.29, 1.82) is 0 Å². The maximum Gasteiger partial charge on any atom is 0.416 e. The molecule has 3 aromatic carbocycles. The predicted molar refractivity (Wildman–Crippen MR) is 195 cm³/mol. The predicted octanol–water partition coefficient (Wildman–Crippen LogP) is 8.14. The Labute approximate surface area is 299 Å². The zero-order valence-electron chi connectivity index (χ0n) is 29.5. The van der Waals surface area contributed by atoms with E-state index in [9.17, 15) is 22.8 Å². The van der Waals surface area contributed by atoms with E-state index in [1.54, 1.807) is 4.90 Å². The maximum absolute atomic E-state index is 14.5. The molecule has 2 amide bonds. The molecule has 1 fully saturated rings. The second kappa shape index (κ2) is 17.9. The lowest BCUT2D eigenvalue weighted by Gasteiger charge is -2.39. The summed E-state index contributed by atoms with van der Waals surface area (Å²) in [6.45, 7) is 7.45. The largest absolute Gasteiger partial charge is 0.416 e. The van der Waals surface area contributed by atoms with Crippen LogP contribution in [0.5, 0.6) is 0 Å². The number of pyridine rings is 1. The van der Waals surface area contributed by atoms with E-state index in [1.807, 2.05) is 72.5 Å². The van der Waals surface area contributed by atoms with Crippen LogP contribution < -0.4 is 0 Å². The molecule has 1 unspecified atom stereocenters. The molecule has 1 atom stereocenters. The van der Waals surface area contributed by atoms with Gasteiger partial charge in [-0.15, -0.1) is 0 Å². The van der Waals surface area contributed by atoms with Crippen molar-refractivity contribution >= 4 is 17.9 Å². The first-order valence-electron chi connectivity index (χ1n) is 17.8. The molecule has 4 aromatic rings. The third-order valence-corrected chi connectivity index (χ3v) is 9.33. The van der Waals surface area contributed by atoms with Crippen LogP contribution in [-0.2, 0) is 41.7 Å². The van der Waals surface area contributed by atoms with E-state index in [2.05, 4.69) is 28.9 Å². The minimum absolute atomic E-state index is 0.125. The molecule has 1 aromatic heterocycles. The Morgan fingerprint density at radius 2 is 1.51 bits per heavy atom. The molecular formula is C42H47F3N4O2. The van der Waals surface area contributed by atoms with Crippen LogP contribution in [-0.4, -0.2) is 63.7 Å². The van der Waals surface area contributed by atoms with Gasteiger partial charge in [0.15, 0.2) is 0 Å². The Bertz CT molecular complexity index is 1730. The standard InChI is InChI=1S/C42H47F3N4O2/c1-3-4-6-11-33-15-17-36(18-16-33)30-49(40(50)24-21-34-19-22-37(23-20-34)42(43,44)45)39(29-35-12-7-5-8-13-35)41(51)48-27-25-47(26-28-48)31-38-14-9-10-32(2)46-38/h5,7-10,12-24,39H,3-4,6,11,25-31H2,1-2H3/b24-21+. The zero-order valence-corrected chi connectivity index (χ0v) is 29.5. The number of unbranched alkanes of at least 4 members (excludes halogenated alkanes) is 2. The highest BCUT2D eigenvalue weighted by Gasteiger charge is 2.34. The lowest BCUT2D eigenvalue weighted by Crippen LogP contribution is -2.56. The highest BCUT2D eigenvalue weighted by Crippen LogP contribution is 2.29. The summed E-state index contributed by atoms with van der Waals surface area (Å²) in [6.07, 6.45) is 3.14. The Morgan fingerprint density at radius 3 is 2.16 bits per heavy atom. The number of amides is 2. The molecule has 1 saturated heterocycles. The number of aromatic nitrogens is 1. The second-order valence-electron chi connectivity index (χ2n) is 13.3. The van der Waals surface area contributed by atoms with E-state index in [4.69, 9.17) is 0 Å². The number of hydrogen-bond donors (Lipinski definition) is 0. The maximum atomic E-state index is 14.5.